The number of fused-ring (bicyclic) bond motifs is 2. The third-order valence-corrected chi connectivity index (χ3v) is 2.53. The summed E-state index contributed by atoms with van der Waals surface area (Å²) in [5.74, 6) is 2.36. The fraction of sp³-hybridized carbons (Fsp3) is 0.400. The quantitative estimate of drug-likeness (QED) is 0.678. The second-order valence-corrected chi connectivity index (χ2v) is 3.28. The number of hydrogen-bond acceptors (Lipinski definition) is 4. The van der Waals surface area contributed by atoms with Gasteiger partial charge in [-0.2, -0.15) is 0 Å². The van der Waals surface area contributed by atoms with Crippen LogP contribution in [0.1, 0.15) is 11.7 Å². The molecular formula is C10H10O4. The molecule has 0 saturated carbocycles. The van der Waals surface area contributed by atoms with Gasteiger partial charge in [0.15, 0.2) is 11.5 Å². The normalized spacial score (nSPS) is 21.9. The van der Waals surface area contributed by atoms with E-state index in [4.69, 9.17) is 18.9 Å². The Morgan fingerprint density at radius 2 is 1.93 bits per heavy atom. The van der Waals surface area contributed by atoms with Crippen LogP contribution in [-0.2, 0) is 4.74 Å². The molecule has 4 nitrogen and oxygen atoms in total. The molecule has 4 heteroatoms. The Kier molecular flexibility index (Phi) is 1.58. The van der Waals surface area contributed by atoms with Gasteiger partial charge in [-0.3, -0.25) is 0 Å². The molecule has 0 bridgehead atoms. The lowest BCUT2D eigenvalue weighted by molar-refractivity contribution is 0.0814. The van der Waals surface area contributed by atoms with Crippen molar-refractivity contribution in [3.8, 4) is 17.2 Å². The van der Waals surface area contributed by atoms with Gasteiger partial charge in [-0.25, -0.2) is 0 Å². The molecule has 2 aliphatic heterocycles. The lowest BCUT2D eigenvalue weighted by Gasteiger charge is -2.05. The van der Waals surface area contributed by atoms with E-state index in [1.165, 1.54) is 0 Å². The van der Waals surface area contributed by atoms with Gasteiger partial charge in [0.25, 0.3) is 0 Å². The Morgan fingerprint density at radius 1 is 1.14 bits per heavy atom. The third kappa shape index (κ3) is 0.974. The predicted molar refractivity (Wildman–Crippen MR) is 47.8 cm³/mol. The summed E-state index contributed by atoms with van der Waals surface area (Å²) in [5.41, 5.74) is 1.04. The van der Waals surface area contributed by atoms with Crippen molar-refractivity contribution in [1.29, 1.82) is 0 Å². The maximum Gasteiger partial charge on any atom is 0.231 e. The first-order valence-electron chi connectivity index (χ1n) is 4.47. The standard InChI is InChI=1S/C10H10O4/c1-11-10-4-12-7-3-9-8(2-6(7)10)13-5-14-9/h2-3,10H,4-5H2,1H3. The van der Waals surface area contributed by atoms with Crippen LogP contribution in [0.25, 0.3) is 0 Å². The van der Waals surface area contributed by atoms with E-state index in [2.05, 4.69) is 0 Å². The highest BCUT2D eigenvalue weighted by molar-refractivity contribution is 5.53. The summed E-state index contributed by atoms with van der Waals surface area (Å²) < 4.78 is 21.3. The molecule has 0 amide bonds. The van der Waals surface area contributed by atoms with Gasteiger partial charge in [-0.05, 0) is 6.07 Å². The minimum Gasteiger partial charge on any atom is -0.490 e. The molecule has 14 heavy (non-hydrogen) atoms. The van der Waals surface area contributed by atoms with E-state index in [0.717, 1.165) is 22.8 Å². The maximum absolute atomic E-state index is 5.47. The van der Waals surface area contributed by atoms with Crippen molar-refractivity contribution in [3.05, 3.63) is 17.7 Å². The molecule has 1 atom stereocenters. The topological polar surface area (TPSA) is 36.9 Å². The van der Waals surface area contributed by atoms with Crippen molar-refractivity contribution >= 4 is 0 Å². The van der Waals surface area contributed by atoms with E-state index in [1.54, 1.807) is 7.11 Å². The van der Waals surface area contributed by atoms with Crippen LogP contribution in [0.4, 0.5) is 0 Å². The molecule has 0 saturated heterocycles. The zero-order valence-electron chi connectivity index (χ0n) is 7.78. The molecule has 0 spiro atoms. The SMILES string of the molecule is COC1COc2cc3c(cc21)OCO3. The molecule has 0 N–H and O–H groups in total. The van der Waals surface area contributed by atoms with Gasteiger partial charge in [0.05, 0.1) is 0 Å². The molecule has 2 aliphatic rings. The Balaban J connectivity index is 2.09. The molecule has 2 heterocycles. The van der Waals surface area contributed by atoms with Gasteiger partial charge in [-0.1, -0.05) is 0 Å². The number of rotatable bonds is 1. The first-order chi connectivity index (χ1) is 6.88. The molecule has 1 aromatic carbocycles. The maximum atomic E-state index is 5.47. The van der Waals surface area contributed by atoms with Crippen LogP contribution in [0.3, 0.4) is 0 Å². The lowest BCUT2D eigenvalue weighted by Crippen LogP contribution is -2.02. The average molecular weight is 194 g/mol. The van der Waals surface area contributed by atoms with Crippen molar-refractivity contribution in [2.45, 2.75) is 6.10 Å². The highest BCUT2D eigenvalue weighted by atomic mass is 16.7. The molecule has 3 rings (SSSR count). The fourth-order valence-corrected chi connectivity index (χ4v) is 1.77. The predicted octanol–water partition coefficient (Wildman–Crippen LogP) is 1.50. The third-order valence-electron chi connectivity index (χ3n) is 2.53. The van der Waals surface area contributed by atoms with E-state index in [1.807, 2.05) is 12.1 Å². The zero-order chi connectivity index (χ0) is 9.54. The van der Waals surface area contributed by atoms with Gasteiger partial charge in [-0.15, -0.1) is 0 Å². The minimum absolute atomic E-state index is 0.0134. The molecule has 1 unspecified atom stereocenters. The summed E-state index contributed by atoms with van der Waals surface area (Å²) in [6.07, 6.45) is 0.0134. The van der Waals surface area contributed by atoms with Crippen molar-refractivity contribution in [3.63, 3.8) is 0 Å². The van der Waals surface area contributed by atoms with Crippen LogP contribution in [-0.4, -0.2) is 20.5 Å². The molecule has 74 valence electrons. The van der Waals surface area contributed by atoms with Crippen LogP contribution in [0.15, 0.2) is 12.1 Å². The van der Waals surface area contributed by atoms with Gasteiger partial charge in [0.2, 0.25) is 6.79 Å². The summed E-state index contributed by atoms with van der Waals surface area (Å²) in [6, 6.07) is 3.79. The number of ether oxygens (including phenoxy) is 4. The first kappa shape index (κ1) is 7.94. The molecular weight excluding hydrogens is 184 g/mol. The molecule has 1 aromatic rings. The monoisotopic (exact) mass is 194 g/mol. The van der Waals surface area contributed by atoms with Gasteiger partial charge < -0.3 is 18.9 Å². The van der Waals surface area contributed by atoms with E-state index in [9.17, 15) is 0 Å². The Morgan fingerprint density at radius 3 is 2.71 bits per heavy atom. The van der Waals surface area contributed by atoms with Crippen molar-refractivity contribution < 1.29 is 18.9 Å². The van der Waals surface area contributed by atoms with Gasteiger partial charge >= 0.3 is 0 Å². The fourth-order valence-electron chi connectivity index (χ4n) is 1.77. The number of methoxy groups -OCH3 is 1. The van der Waals surface area contributed by atoms with Crippen LogP contribution < -0.4 is 14.2 Å². The van der Waals surface area contributed by atoms with Crippen LogP contribution >= 0.6 is 0 Å². The summed E-state index contributed by atoms with van der Waals surface area (Å²) >= 11 is 0. The summed E-state index contributed by atoms with van der Waals surface area (Å²) in [6.45, 7) is 0.852. The average Bonchev–Trinajstić information content (AvgIpc) is 2.78. The van der Waals surface area contributed by atoms with Crippen LogP contribution in [0.5, 0.6) is 17.2 Å². The Bertz CT molecular complexity index is 375. The van der Waals surface area contributed by atoms with Crippen molar-refractivity contribution in [1.82, 2.24) is 0 Å². The second kappa shape index (κ2) is 2.78. The highest BCUT2D eigenvalue weighted by Crippen LogP contribution is 2.44. The number of benzene rings is 1. The second-order valence-electron chi connectivity index (χ2n) is 3.28. The molecule has 0 radical (unpaired) electrons. The van der Waals surface area contributed by atoms with Crippen molar-refractivity contribution in [2.24, 2.45) is 0 Å². The molecule has 0 aliphatic carbocycles. The van der Waals surface area contributed by atoms with Gasteiger partial charge in [0.1, 0.15) is 18.5 Å². The zero-order valence-corrected chi connectivity index (χ0v) is 7.78. The lowest BCUT2D eigenvalue weighted by atomic mass is 10.1. The molecule has 0 aromatic heterocycles. The smallest absolute Gasteiger partial charge is 0.231 e. The van der Waals surface area contributed by atoms with E-state index < -0.39 is 0 Å². The van der Waals surface area contributed by atoms with E-state index in [-0.39, 0.29) is 12.9 Å². The van der Waals surface area contributed by atoms with Crippen LogP contribution in [0, 0.1) is 0 Å². The minimum atomic E-state index is 0.0134. The largest absolute Gasteiger partial charge is 0.490 e. The number of hydrogen-bond donors (Lipinski definition) is 0. The molecule has 0 fully saturated rings. The highest BCUT2D eigenvalue weighted by Gasteiger charge is 2.28. The van der Waals surface area contributed by atoms with E-state index >= 15 is 0 Å². The summed E-state index contributed by atoms with van der Waals surface area (Å²) in [7, 11) is 1.67. The Hall–Kier alpha value is -1.42. The van der Waals surface area contributed by atoms with E-state index in [0.29, 0.717) is 6.61 Å². The van der Waals surface area contributed by atoms with Crippen LogP contribution in [0.2, 0.25) is 0 Å². The Labute approximate surface area is 81.3 Å². The van der Waals surface area contributed by atoms with Gasteiger partial charge in [0, 0.05) is 18.7 Å². The van der Waals surface area contributed by atoms with Crippen molar-refractivity contribution in [2.75, 3.05) is 20.5 Å². The summed E-state index contributed by atoms with van der Waals surface area (Å²) in [5, 5.41) is 0. The summed E-state index contributed by atoms with van der Waals surface area (Å²) in [4.78, 5) is 0. The first-order valence-corrected chi connectivity index (χ1v) is 4.47.